The molecule has 2 unspecified atom stereocenters. The van der Waals surface area contributed by atoms with Crippen molar-refractivity contribution in [3.63, 3.8) is 0 Å². The molecule has 4 rings (SSSR count). The second-order valence-electron chi connectivity index (χ2n) is 8.44. The highest BCUT2D eigenvalue weighted by Gasteiger charge is 2.44. The first kappa shape index (κ1) is 23.2. The second-order valence-corrected chi connectivity index (χ2v) is 10.2. The molecule has 0 saturated carbocycles. The van der Waals surface area contributed by atoms with Crippen LogP contribution in [0.3, 0.4) is 0 Å². The molecular weight excluding hydrogens is 438 g/mol. The number of fused-ring (bicyclic) bond motifs is 1. The smallest absolute Gasteiger partial charge is 0.322 e. The van der Waals surface area contributed by atoms with Gasteiger partial charge in [0.2, 0.25) is 10.0 Å². The normalized spacial score (nSPS) is 21.7. The standard InChI is InChI=1S/C26H27NO5S/c1-3-6-23-22(16-24(32-23)20-12-11-18-7-4-5-8-19(18)15-20)25(26(28)29)27-33(30,31)21-13-9-17(2)10-14-21/h3-5,7-15,22-25,27H,1,6,16H2,2H3,(H,28,29)/t22-,23-,24?,25?/m0/s1. The van der Waals surface area contributed by atoms with Crippen LogP contribution in [0.2, 0.25) is 0 Å². The monoisotopic (exact) mass is 465 g/mol. The molecule has 1 heterocycles. The van der Waals surface area contributed by atoms with E-state index < -0.39 is 34.1 Å². The van der Waals surface area contributed by atoms with Gasteiger partial charge < -0.3 is 9.84 Å². The Kier molecular flexibility index (Phi) is 6.65. The van der Waals surface area contributed by atoms with Gasteiger partial charge in [-0.3, -0.25) is 4.79 Å². The van der Waals surface area contributed by atoms with Crippen molar-refractivity contribution in [3.05, 3.63) is 90.5 Å². The van der Waals surface area contributed by atoms with Gasteiger partial charge >= 0.3 is 5.97 Å². The molecule has 3 aromatic carbocycles. The number of aliphatic carboxylic acids is 1. The number of carbonyl (C=O) groups is 1. The number of rotatable bonds is 8. The Hall–Kier alpha value is -3.00. The molecule has 1 saturated heterocycles. The average Bonchev–Trinajstić information content (AvgIpc) is 3.21. The van der Waals surface area contributed by atoms with Gasteiger partial charge in [0, 0.05) is 5.92 Å². The lowest BCUT2D eigenvalue weighted by atomic mass is 9.88. The first-order chi connectivity index (χ1) is 15.8. The zero-order valence-corrected chi connectivity index (χ0v) is 19.2. The van der Waals surface area contributed by atoms with Gasteiger partial charge in [0.15, 0.2) is 0 Å². The third-order valence-electron chi connectivity index (χ3n) is 6.15. The molecule has 172 valence electrons. The minimum absolute atomic E-state index is 0.0321. The lowest BCUT2D eigenvalue weighted by molar-refractivity contribution is -0.141. The predicted molar refractivity (Wildman–Crippen MR) is 127 cm³/mol. The highest BCUT2D eigenvalue weighted by molar-refractivity contribution is 7.89. The Morgan fingerprint density at radius 3 is 2.52 bits per heavy atom. The first-order valence-electron chi connectivity index (χ1n) is 10.9. The largest absolute Gasteiger partial charge is 0.480 e. The number of hydrogen-bond acceptors (Lipinski definition) is 4. The summed E-state index contributed by atoms with van der Waals surface area (Å²) in [5, 5.41) is 12.1. The average molecular weight is 466 g/mol. The number of ether oxygens (including phenoxy) is 1. The molecule has 7 heteroatoms. The van der Waals surface area contributed by atoms with Crippen LogP contribution in [-0.2, 0) is 19.6 Å². The maximum absolute atomic E-state index is 12.9. The molecule has 0 amide bonds. The van der Waals surface area contributed by atoms with Crippen molar-refractivity contribution >= 4 is 26.8 Å². The maximum atomic E-state index is 12.9. The first-order valence-corrected chi connectivity index (χ1v) is 12.3. The van der Waals surface area contributed by atoms with E-state index in [9.17, 15) is 18.3 Å². The van der Waals surface area contributed by atoms with E-state index in [0.717, 1.165) is 21.9 Å². The summed E-state index contributed by atoms with van der Waals surface area (Å²) in [6.07, 6.45) is 1.67. The van der Waals surface area contributed by atoms with Gasteiger partial charge in [-0.05, 0) is 54.3 Å². The number of nitrogens with one attached hydrogen (secondary N) is 1. The maximum Gasteiger partial charge on any atom is 0.322 e. The van der Waals surface area contributed by atoms with E-state index in [2.05, 4.69) is 11.3 Å². The Morgan fingerprint density at radius 2 is 1.85 bits per heavy atom. The summed E-state index contributed by atoms with van der Waals surface area (Å²) in [6.45, 7) is 5.62. The lowest BCUT2D eigenvalue weighted by Gasteiger charge is -2.24. The molecule has 0 bridgehead atoms. The zero-order chi connectivity index (χ0) is 23.6. The van der Waals surface area contributed by atoms with Crippen LogP contribution in [-0.4, -0.2) is 31.6 Å². The molecule has 1 fully saturated rings. The summed E-state index contributed by atoms with van der Waals surface area (Å²) >= 11 is 0. The number of hydrogen-bond donors (Lipinski definition) is 2. The number of carboxylic acids is 1. The molecule has 0 radical (unpaired) electrons. The highest BCUT2D eigenvalue weighted by atomic mass is 32.2. The minimum atomic E-state index is -4.02. The van der Waals surface area contributed by atoms with Gasteiger partial charge in [0.05, 0.1) is 17.1 Å². The van der Waals surface area contributed by atoms with Crippen LogP contribution >= 0.6 is 0 Å². The summed E-state index contributed by atoms with van der Waals surface area (Å²) < 4.78 is 34.6. The van der Waals surface area contributed by atoms with Crippen LogP contribution in [0.15, 0.2) is 84.3 Å². The molecule has 0 spiro atoms. The molecular formula is C26H27NO5S. The Labute approximate surface area is 194 Å². The van der Waals surface area contributed by atoms with Crippen molar-refractivity contribution in [2.45, 2.75) is 42.9 Å². The van der Waals surface area contributed by atoms with Gasteiger partial charge in [0.25, 0.3) is 0 Å². The van der Waals surface area contributed by atoms with E-state index in [1.54, 1.807) is 18.2 Å². The minimum Gasteiger partial charge on any atom is -0.480 e. The summed E-state index contributed by atoms with van der Waals surface area (Å²) in [5.74, 6) is -1.79. The zero-order valence-electron chi connectivity index (χ0n) is 18.3. The third-order valence-corrected chi connectivity index (χ3v) is 7.61. The second kappa shape index (κ2) is 9.47. The summed E-state index contributed by atoms with van der Waals surface area (Å²) in [6, 6.07) is 19.0. The summed E-state index contributed by atoms with van der Waals surface area (Å²) in [5.41, 5.74) is 1.85. The third kappa shape index (κ3) is 5.00. The van der Waals surface area contributed by atoms with E-state index in [-0.39, 0.29) is 11.0 Å². The Bertz CT molecular complexity index is 1270. The van der Waals surface area contributed by atoms with Gasteiger partial charge in [-0.15, -0.1) is 6.58 Å². The molecule has 0 aromatic heterocycles. The predicted octanol–water partition coefficient (Wildman–Crippen LogP) is 4.60. The SMILES string of the molecule is C=CC[C@@H]1OC(c2ccc3ccccc3c2)C[C@@H]1C(NS(=O)(=O)c1ccc(C)cc1)C(=O)O. The Morgan fingerprint density at radius 1 is 1.15 bits per heavy atom. The number of aryl methyl sites for hydroxylation is 1. The fourth-order valence-corrected chi connectivity index (χ4v) is 5.65. The molecule has 3 aromatic rings. The molecule has 1 aliphatic rings. The number of carboxylic acid groups (broad SMARTS) is 1. The van der Waals surface area contributed by atoms with E-state index >= 15 is 0 Å². The van der Waals surface area contributed by atoms with Crippen molar-refractivity contribution in [3.8, 4) is 0 Å². The fraction of sp³-hybridized carbons (Fsp3) is 0.269. The molecule has 33 heavy (non-hydrogen) atoms. The van der Waals surface area contributed by atoms with Crippen molar-refractivity contribution in [1.29, 1.82) is 0 Å². The van der Waals surface area contributed by atoms with Crippen molar-refractivity contribution < 1.29 is 23.1 Å². The molecule has 0 aliphatic carbocycles. The van der Waals surface area contributed by atoms with Gasteiger partial charge in [0.1, 0.15) is 6.04 Å². The Balaban J connectivity index is 1.62. The fourth-order valence-electron chi connectivity index (χ4n) is 4.41. The van der Waals surface area contributed by atoms with Crippen LogP contribution in [0.5, 0.6) is 0 Å². The van der Waals surface area contributed by atoms with Crippen LogP contribution in [0.4, 0.5) is 0 Å². The molecule has 6 nitrogen and oxygen atoms in total. The molecule has 4 atom stereocenters. The molecule has 2 N–H and O–H groups in total. The van der Waals surface area contributed by atoms with E-state index in [4.69, 9.17) is 4.74 Å². The summed E-state index contributed by atoms with van der Waals surface area (Å²) in [4.78, 5) is 12.2. The van der Waals surface area contributed by atoms with Crippen molar-refractivity contribution in [2.75, 3.05) is 0 Å². The number of benzene rings is 3. The lowest BCUT2D eigenvalue weighted by Crippen LogP contribution is -2.48. The van der Waals surface area contributed by atoms with Gasteiger partial charge in [-0.2, -0.15) is 4.72 Å². The summed E-state index contributed by atoms with van der Waals surface area (Å²) in [7, 11) is -4.02. The van der Waals surface area contributed by atoms with Crippen LogP contribution in [0.25, 0.3) is 10.8 Å². The van der Waals surface area contributed by atoms with E-state index in [1.807, 2.05) is 49.4 Å². The van der Waals surface area contributed by atoms with E-state index in [0.29, 0.717) is 12.8 Å². The van der Waals surface area contributed by atoms with Gasteiger partial charge in [-0.1, -0.05) is 60.2 Å². The van der Waals surface area contributed by atoms with Crippen molar-refractivity contribution in [2.24, 2.45) is 5.92 Å². The number of sulfonamides is 1. The molecule has 1 aliphatic heterocycles. The van der Waals surface area contributed by atoms with Crippen LogP contribution < -0.4 is 4.72 Å². The van der Waals surface area contributed by atoms with Crippen LogP contribution in [0, 0.1) is 12.8 Å². The van der Waals surface area contributed by atoms with Crippen molar-refractivity contribution in [1.82, 2.24) is 4.72 Å². The topological polar surface area (TPSA) is 92.7 Å². The quantitative estimate of drug-likeness (QED) is 0.474. The van der Waals surface area contributed by atoms with Crippen LogP contribution in [0.1, 0.15) is 30.1 Å². The van der Waals surface area contributed by atoms with E-state index in [1.165, 1.54) is 12.1 Å². The highest BCUT2D eigenvalue weighted by Crippen LogP contribution is 2.41. The van der Waals surface area contributed by atoms with Gasteiger partial charge in [-0.25, -0.2) is 8.42 Å².